The van der Waals surface area contributed by atoms with Crippen molar-refractivity contribution in [3.63, 3.8) is 0 Å². The van der Waals surface area contributed by atoms with E-state index in [1.54, 1.807) is 11.8 Å². The second kappa shape index (κ2) is 5.92. The van der Waals surface area contributed by atoms with Gasteiger partial charge in [-0.2, -0.15) is 11.8 Å². The smallest absolute Gasteiger partial charge is 0.227 e. The van der Waals surface area contributed by atoms with Crippen molar-refractivity contribution in [1.82, 2.24) is 5.32 Å². The fourth-order valence-corrected chi connectivity index (χ4v) is 1.84. The van der Waals surface area contributed by atoms with Gasteiger partial charge in [0, 0.05) is 17.3 Å². The topological polar surface area (TPSA) is 55.1 Å². The summed E-state index contributed by atoms with van der Waals surface area (Å²) in [6.45, 7) is 9.66. The van der Waals surface area contributed by atoms with Crippen LogP contribution in [0.2, 0.25) is 0 Å². The average Bonchev–Trinajstić information content (AvgIpc) is 2.15. The number of thioether (sulfide) groups is 1. The Morgan fingerprint density at radius 2 is 1.88 bits per heavy atom. The van der Waals surface area contributed by atoms with Gasteiger partial charge in [-0.05, 0) is 40.4 Å². The van der Waals surface area contributed by atoms with E-state index >= 15 is 0 Å². The Morgan fingerprint density at radius 1 is 1.38 bits per heavy atom. The quantitative estimate of drug-likeness (QED) is 0.754. The maximum absolute atomic E-state index is 12.2. The average molecular weight is 246 g/mol. The molecule has 0 saturated carbocycles. The lowest BCUT2D eigenvalue weighted by atomic mass is 9.74. The van der Waals surface area contributed by atoms with Crippen molar-refractivity contribution in [2.24, 2.45) is 11.1 Å². The van der Waals surface area contributed by atoms with E-state index in [2.05, 4.69) is 12.2 Å². The lowest BCUT2D eigenvalue weighted by Crippen LogP contribution is -2.57. The SMILES string of the molecule is CCC(CSC)NC(=O)C(C)(C)C(C)(C)N. The highest BCUT2D eigenvalue weighted by Gasteiger charge is 2.40. The van der Waals surface area contributed by atoms with Crippen LogP contribution < -0.4 is 11.1 Å². The molecule has 1 amide bonds. The van der Waals surface area contributed by atoms with Gasteiger partial charge in [-0.3, -0.25) is 4.79 Å². The molecule has 16 heavy (non-hydrogen) atoms. The molecule has 0 fully saturated rings. The minimum atomic E-state index is -0.557. The summed E-state index contributed by atoms with van der Waals surface area (Å²) in [6.07, 6.45) is 3.00. The van der Waals surface area contributed by atoms with Crippen LogP contribution in [-0.4, -0.2) is 29.5 Å². The fraction of sp³-hybridized carbons (Fsp3) is 0.917. The first kappa shape index (κ1) is 15.8. The molecule has 96 valence electrons. The number of rotatable bonds is 6. The molecule has 0 radical (unpaired) electrons. The van der Waals surface area contributed by atoms with Crippen LogP contribution in [0.1, 0.15) is 41.0 Å². The lowest BCUT2D eigenvalue weighted by Gasteiger charge is -2.38. The standard InChI is InChI=1S/C12H26N2OS/c1-7-9(8-16-6)14-10(15)11(2,3)12(4,5)13/h9H,7-8,13H2,1-6H3,(H,14,15). The zero-order chi connectivity index (χ0) is 13.0. The van der Waals surface area contributed by atoms with Gasteiger partial charge in [0.05, 0.1) is 5.41 Å². The van der Waals surface area contributed by atoms with Gasteiger partial charge in [-0.25, -0.2) is 0 Å². The summed E-state index contributed by atoms with van der Waals surface area (Å²) < 4.78 is 0. The first-order valence-electron chi connectivity index (χ1n) is 5.75. The van der Waals surface area contributed by atoms with Gasteiger partial charge in [0.2, 0.25) is 5.91 Å². The molecule has 4 heteroatoms. The van der Waals surface area contributed by atoms with E-state index in [1.807, 2.05) is 34.0 Å². The van der Waals surface area contributed by atoms with Gasteiger partial charge in [0.15, 0.2) is 0 Å². The molecule has 1 unspecified atom stereocenters. The molecular weight excluding hydrogens is 220 g/mol. The lowest BCUT2D eigenvalue weighted by molar-refractivity contribution is -0.132. The van der Waals surface area contributed by atoms with Gasteiger partial charge in [0.1, 0.15) is 0 Å². The summed E-state index contributed by atoms with van der Waals surface area (Å²) in [6, 6.07) is 0.240. The Morgan fingerprint density at radius 3 is 2.19 bits per heavy atom. The number of amides is 1. The van der Waals surface area contributed by atoms with Crippen LogP contribution >= 0.6 is 11.8 Å². The van der Waals surface area contributed by atoms with E-state index in [0.717, 1.165) is 12.2 Å². The summed E-state index contributed by atoms with van der Waals surface area (Å²) >= 11 is 1.75. The second-order valence-corrected chi connectivity index (χ2v) is 6.29. The Kier molecular flexibility index (Phi) is 5.84. The van der Waals surface area contributed by atoms with Crippen LogP contribution in [0.15, 0.2) is 0 Å². The molecule has 3 N–H and O–H groups in total. The predicted molar refractivity (Wildman–Crippen MR) is 72.7 cm³/mol. The summed E-state index contributed by atoms with van der Waals surface area (Å²) in [7, 11) is 0. The van der Waals surface area contributed by atoms with E-state index in [1.165, 1.54) is 0 Å². The number of hydrogen-bond acceptors (Lipinski definition) is 3. The number of carbonyl (C=O) groups is 1. The zero-order valence-corrected chi connectivity index (χ0v) is 12.2. The highest BCUT2D eigenvalue weighted by atomic mass is 32.2. The van der Waals surface area contributed by atoms with Crippen LogP contribution in [0.4, 0.5) is 0 Å². The van der Waals surface area contributed by atoms with E-state index in [0.29, 0.717) is 0 Å². The van der Waals surface area contributed by atoms with Crippen LogP contribution in [0.5, 0.6) is 0 Å². The van der Waals surface area contributed by atoms with Crippen LogP contribution in [0.25, 0.3) is 0 Å². The van der Waals surface area contributed by atoms with Crippen LogP contribution in [-0.2, 0) is 4.79 Å². The van der Waals surface area contributed by atoms with Gasteiger partial charge < -0.3 is 11.1 Å². The van der Waals surface area contributed by atoms with Gasteiger partial charge in [-0.1, -0.05) is 6.92 Å². The molecule has 0 spiro atoms. The second-order valence-electron chi connectivity index (χ2n) is 5.38. The number of hydrogen-bond donors (Lipinski definition) is 2. The van der Waals surface area contributed by atoms with Gasteiger partial charge in [0.25, 0.3) is 0 Å². The molecule has 0 aliphatic carbocycles. The molecule has 0 aliphatic rings. The van der Waals surface area contributed by atoms with Gasteiger partial charge >= 0.3 is 0 Å². The number of carbonyl (C=O) groups excluding carboxylic acids is 1. The van der Waals surface area contributed by atoms with Crippen LogP contribution in [0, 0.1) is 5.41 Å². The molecule has 0 aromatic rings. The molecule has 0 aromatic carbocycles. The molecule has 3 nitrogen and oxygen atoms in total. The summed E-state index contributed by atoms with van der Waals surface area (Å²) in [5.41, 5.74) is 4.96. The Bertz CT molecular complexity index is 234. The van der Waals surface area contributed by atoms with Crippen molar-refractivity contribution >= 4 is 17.7 Å². The summed E-state index contributed by atoms with van der Waals surface area (Å²) in [5.74, 6) is 0.990. The minimum absolute atomic E-state index is 0.0425. The molecule has 0 aromatic heterocycles. The number of nitrogens with one attached hydrogen (secondary N) is 1. The normalized spacial score (nSPS) is 14.7. The summed E-state index contributed by atoms with van der Waals surface area (Å²) in [5, 5.41) is 3.07. The highest BCUT2D eigenvalue weighted by Crippen LogP contribution is 2.28. The van der Waals surface area contributed by atoms with Crippen molar-refractivity contribution in [2.75, 3.05) is 12.0 Å². The third-order valence-corrected chi connectivity index (χ3v) is 4.11. The monoisotopic (exact) mass is 246 g/mol. The molecule has 0 saturated heterocycles. The molecular formula is C12H26N2OS. The Balaban J connectivity index is 4.56. The van der Waals surface area contributed by atoms with Crippen molar-refractivity contribution in [2.45, 2.75) is 52.6 Å². The van der Waals surface area contributed by atoms with E-state index in [4.69, 9.17) is 5.73 Å². The Hall–Kier alpha value is -0.220. The third kappa shape index (κ3) is 3.98. The third-order valence-electron chi connectivity index (χ3n) is 3.37. The molecule has 0 bridgehead atoms. The molecule has 0 rings (SSSR count). The minimum Gasteiger partial charge on any atom is -0.352 e. The van der Waals surface area contributed by atoms with Gasteiger partial charge in [-0.15, -0.1) is 0 Å². The van der Waals surface area contributed by atoms with Crippen LogP contribution in [0.3, 0.4) is 0 Å². The number of nitrogens with two attached hydrogens (primary N) is 1. The van der Waals surface area contributed by atoms with Crippen molar-refractivity contribution in [1.29, 1.82) is 0 Å². The zero-order valence-electron chi connectivity index (χ0n) is 11.4. The summed E-state index contributed by atoms with van der Waals surface area (Å²) in [4.78, 5) is 12.2. The molecule has 0 aliphatic heterocycles. The van der Waals surface area contributed by atoms with Crippen molar-refractivity contribution in [3.8, 4) is 0 Å². The van der Waals surface area contributed by atoms with Crippen molar-refractivity contribution < 1.29 is 4.79 Å². The molecule has 1 atom stereocenters. The largest absolute Gasteiger partial charge is 0.352 e. The van der Waals surface area contributed by atoms with E-state index in [-0.39, 0.29) is 11.9 Å². The maximum atomic E-state index is 12.2. The predicted octanol–water partition coefficient (Wildman–Crippen LogP) is 2.01. The van der Waals surface area contributed by atoms with E-state index < -0.39 is 11.0 Å². The molecule has 0 heterocycles. The fourth-order valence-electron chi connectivity index (χ4n) is 1.12. The van der Waals surface area contributed by atoms with Crippen molar-refractivity contribution in [3.05, 3.63) is 0 Å². The van der Waals surface area contributed by atoms with E-state index in [9.17, 15) is 4.79 Å². The first-order valence-corrected chi connectivity index (χ1v) is 7.15. The highest BCUT2D eigenvalue weighted by molar-refractivity contribution is 7.98. The Labute approximate surface area is 104 Å². The maximum Gasteiger partial charge on any atom is 0.227 e. The first-order chi connectivity index (χ1) is 7.16.